The number of esters is 1. The Kier molecular flexibility index (Phi) is 5.27. The molecule has 146 valence electrons. The fraction of sp³-hybridized carbons (Fsp3) is 0.364. The normalized spacial score (nSPS) is 20.2. The number of fused-ring (bicyclic) bond motifs is 2. The molecule has 2 aliphatic rings. The summed E-state index contributed by atoms with van der Waals surface area (Å²) in [6, 6.07) is 13.2. The van der Waals surface area contributed by atoms with E-state index in [-0.39, 0.29) is 30.9 Å². The third kappa shape index (κ3) is 4.14. The molecule has 0 aliphatic carbocycles. The van der Waals surface area contributed by atoms with Crippen molar-refractivity contribution in [3.8, 4) is 0 Å². The molecule has 0 N–H and O–H groups in total. The van der Waals surface area contributed by atoms with Gasteiger partial charge in [0.1, 0.15) is 12.7 Å². The number of ketones is 1. The average molecular weight is 398 g/mol. The first-order chi connectivity index (χ1) is 13.4. The molecule has 6 heteroatoms. The van der Waals surface area contributed by atoms with E-state index in [0.717, 1.165) is 27.3 Å². The van der Waals surface area contributed by atoms with E-state index in [0.29, 0.717) is 12.2 Å². The summed E-state index contributed by atoms with van der Waals surface area (Å²) in [6.07, 6.45) is -0.0796. The molecule has 0 aromatic heterocycles. The van der Waals surface area contributed by atoms with Crippen molar-refractivity contribution >= 4 is 23.5 Å². The van der Waals surface area contributed by atoms with Crippen molar-refractivity contribution in [2.24, 2.45) is 0 Å². The molecule has 1 saturated heterocycles. The van der Waals surface area contributed by atoms with Gasteiger partial charge in [0.05, 0.1) is 13.0 Å². The molecule has 1 atom stereocenters. The highest BCUT2D eigenvalue weighted by Gasteiger charge is 2.33. The van der Waals surface area contributed by atoms with Gasteiger partial charge in [0, 0.05) is 21.8 Å². The Bertz CT molecular complexity index is 921. The Hall–Kier alpha value is -2.15. The van der Waals surface area contributed by atoms with Crippen molar-refractivity contribution in [3.05, 3.63) is 64.7 Å². The third-order valence-electron chi connectivity index (χ3n) is 4.78. The van der Waals surface area contributed by atoms with E-state index in [1.54, 1.807) is 11.8 Å². The molecule has 28 heavy (non-hydrogen) atoms. The Morgan fingerprint density at radius 2 is 2.04 bits per heavy atom. The monoisotopic (exact) mass is 398 g/mol. The zero-order valence-electron chi connectivity index (χ0n) is 15.9. The van der Waals surface area contributed by atoms with Gasteiger partial charge in [-0.05, 0) is 37.1 Å². The Labute approximate surface area is 168 Å². The first-order valence-electron chi connectivity index (χ1n) is 9.27. The van der Waals surface area contributed by atoms with E-state index in [1.165, 1.54) is 0 Å². The molecule has 2 aromatic rings. The molecule has 0 saturated carbocycles. The molecular formula is C22H22O5S. The van der Waals surface area contributed by atoms with E-state index >= 15 is 0 Å². The largest absolute Gasteiger partial charge is 0.463 e. The predicted molar refractivity (Wildman–Crippen MR) is 105 cm³/mol. The van der Waals surface area contributed by atoms with Crippen LogP contribution >= 0.6 is 11.8 Å². The molecule has 2 aliphatic heterocycles. The van der Waals surface area contributed by atoms with Crippen molar-refractivity contribution in [2.45, 2.75) is 42.8 Å². The second-order valence-corrected chi connectivity index (χ2v) is 8.43. The van der Waals surface area contributed by atoms with Crippen LogP contribution in [0.1, 0.15) is 40.9 Å². The maximum atomic E-state index is 12.8. The highest BCUT2D eigenvalue weighted by molar-refractivity contribution is 7.98. The van der Waals surface area contributed by atoms with Crippen molar-refractivity contribution in [1.82, 2.24) is 0 Å². The fourth-order valence-corrected chi connectivity index (χ4v) is 4.51. The van der Waals surface area contributed by atoms with Crippen LogP contribution < -0.4 is 0 Å². The molecule has 2 heterocycles. The molecule has 5 nitrogen and oxygen atoms in total. The van der Waals surface area contributed by atoms with Gasteiger partial charge in [0.2, 0.25) is 0 Å². The smallest absolute Gasteiger partial charge is 0.310 e. The molecule has 0 amide bonds. The second kappa shape index (κ2) is 7.70. The summed E-state index contributed by atoms with van der Waals surface area (Å²) in [4.78, 5) is 26.0. The summed E-state index contributed by atoms with van der Waals surface area (Å²) < 4.78 is 16.5. The van der Waals surface area contributed by atoms with Gasteiger partial charge in [0.15, 0.2) is 11.6 Å². The van der Waals surface area contributed by atoms with E-state index in [4.69, 9.17) is 14.2 Å². The number of ether oxygens (including phenoxy) is 3. The summed E-state index contributed by atoms with van der Waals surface area (Å²) in [5, 5.41) is 0. The lowest BCUT2D eigenvalue weighted by Gasteiger charge is -2.17. The number of carbonyl (C=O) groups excluding carboxylic acids is 2. The summed E-state index contributed by atoms with van der Waals surface area (Å²) in [6.45, 7) is 4.26. The zero-order chi connectivity index (χ0) is 19.7. The van der Waals surface area contributed by atoms with Crippen LogP contribution in [0.3, 0.4) is 0 Å². The van der Waals surface area contributed by atoms with Crippen molar-refractivity contribution in [3.63, 3.8) is 0 Å². The van der Waals surface area contributed by atoms with Crippen LogP contribution in [0.25, 0.3) is 0 Å². The lowest BCUT2D eigenvalue weighted by Crippen LogP contribution is -2.25. The molecular weight excluding hydrogens is 376 g/mol. The van der Waals surface area contributed by atoms with Gasteiger partial charge in [-0.3, -0.25) is 9.59 Å². The van der Waals surface area contributed by atoms with Crippen LogP contribution in [0.15, 0.2) is 47.4 Å². The zero-order valence-corrected chi connectivity index (χ0v) is 16.7. The number of carbonyl (C=O) groups is 2. The minimum atomic E-state index is -0.630. The highest BCUT2D eigenvalue weighted by atomic mass is 32.2. The number of thioether (sulfide) groups is 1. The first-order valence-corrected chi connectivity index (χ1v) is 10.3. The minimum absolute atomic E-state index is 0.0331. The number of hydrogen-bond donors (Lipinski definition) is 0. The summed E-state index contributed by atoms with van der Waals surface area (Å²) >= 11 is 1.62. The standard InChI is InChI=1S/C22H22O5S/c1-22(2)26-12-16(27-22)11-25-20(23)10-14-7-8-18-19(9-14)28-13-15-5-3-4-6-17(15)21(18)24/h3-9,16H,10-13H2,1-2H3. The van der Waals surface area contributed by atoms with Crippen molar-refractivity contribution < 1.29 is 23.8 Å². The Morgan fingerprint density at radius 3 is 2.82 bits per heavy atom. The Morgan fingerprint density at radius 1 is 1.21 bits per heavy atom. The second-order valence-electron chi connectivity index (χ2n) is 7.42. The topological polar surface area (TPSA) is 61.8 Å². The van der Waals surface area contributed by atoms with Gasteiger partial charge in [0.25, 0.3) is 0 Å². The maximum absolute atomic E-state index is 12.8. The average Bonchev–Trinajstić information content (AvgIpc) is 2.96. The van der Waals surface area contributed by atoms with Gasteiger partial charge >= 0.3 is 5.97 Å². The van der Waals surface area contributed by atoms with E-state index < -0.39 is 5.79 Å². The summed E-state index contributed by atoms with van der Waals surface area (Å²) in [5.41, 5.74) is 3.31. The summed E-state index contributed by atoms with van der Waals surface area (Å²) in [7, 11) is 0. The van der Waals surface area contributed by atoms with Crippen LogP contribution in [0.5, 0.6) is 0 Å². The fourth-order valence-electron chi connectivity index (χ4n) is 3.40. The van der Waals surface area contributed by atoms with Gasteiger partial charge < -0.3 is 14.2 Å². The van der Waals surface area contributed by atoms with Crippen LogP contribution in [-0.4, -0.2) is 36.9 Å². The quantitative estimate of drug-likeness (QED) is 0.731. The lowest BCUT2D eigenvalue weighted by atomic mass is 9.98. The minimum Gasteiger partial charge on any atom is -0.463 e. The number of rotatable bonds is 4. The Balaban J connectivity index is 1.41. The van der Waals surface area contributed by atoms with Gasteiger partial charge in [-0.2, -0.15) is 0 Å². The van der Waals surface area contributed by atoms with Crippen LogP contribution in [-0.2, 0) is 31.2 Å². The number of hydrogen-bond acceptors (Lipinski definition) is 6. The van der Waals surface area contributed by atoms with E-state index in [2.05, 4.69) is 0 Å². The van der Waals surface area contributed by atoms with Crippen molar-refractivity contribution in [1.29, 1.82) is 0 Å². The van der Waals surface area contributed by atoms with Crippen LogP contribution in [0.2, 0.25) is 0 Å². The van der Waals surface area contributed by atoms with Crippen LogP contribution in [0.4, 0.5) is 0 Å². The first kappa shape index (κ1) is 19.2. The third-order valence-corrected chi connectivity index (χ3v) is 5.89. The molecule has 0 spiro atoms. The van der Waals surface area contributed by atoms with E-state index in [1.807, 2.05) is 56.3 Å². The SMILES string of the molecule is CC1(C)OCC(COC(=O)Cc2ccc3c(c2)SCc2ccccc2C3=O)O1. The lowest BCUT2D eigenvalue weighted by molar-refractivity contribution is -0.157. The molecule has 4 rings (SSSR count). The molecule has 0 bridgehead atoms. The summed E-state index contributed by atoms with van der Waals surface area (Å²) in [5.74, 6) is -0.181. The maximum Gasteiger partial charge on any atom is 0.310 e. The van der Waals surface area contributed by atoms with Gasteiger partial charge in [-0.15, -0.1) is 11.8 Å². The van der Waals surface area contributed by atoms with Gasteiger partial charge in [-0.25, -0.2) is 0 Å². The highest BCUT2D eigenvalue weighted by Crippen LogP contribution is 2.34. The molecule has 1 unspecified atom stereocenters. The number of benzene rings is 2. The molecule has 0 radical (unpaired) electrons. The van der Waals surface area contributed by atoms with E-state index in [9.17, 15) is 9.59 Å². The molecule has 1 fully saturated rings. The van der Waals surface area contributed by atoms with Crippen molar-refractivity contribution in [2.75, 3.05) is 13.2 Å². The predicted octanol–water partition coefficient (Wildman–Crippen LogP) is 3.76. The van der Waals surface area contributed by atoms with Gasteiger partial charge in [-0.1, -0.05) is 30.3 Å². The van der Waals surface area contributed by atoms with Crippen LogP contribution in [0, 0.1) is 0 Å². The molecule has 2 aromatic carbocycles.